The Morgan fingerprint density at radius 3 is 2.88 bits per heavy atom. The monoisotopic (exact) mass is 286 g/mol. The fourth-order valence-electron chi connectivity index (χ4n) is 1.36. The minimum atomic E-state index is -0.741. The van der Waals surface area contributed by atoms with E-state index in [0.717, 1.165) is 23.3 Å². The molecular weight excluding hydrogens is 272 g/mol. The summed E-state index contributed by atoms with van der Waals surface area (Å²) in [5.41, 5.74) is 0.987. The van der Waals surface area contributed by atoms with Gasteiger partial charge in [-0.25, -0.2) is 0 Å². The zero-order chi connectivity index (χ0) is 12.0. The third-order valence-corrected chi connectivity index (χ3v) is 2.62. The summed E-state index contributed by atoms with van der Waals surface area (Å²) in [5.74, 6) is -0.741. The van der Waals surface area contributed by atoms with E-state index in [9.17, 15) is 4.79 Å². The number of aromatic nitrogens is 1. The molecule has 0 unspecified atom stereocenters. The smallest absolute Gasteiger partial charge is 0.303 e. The molecule has 0 aliphatic rings. The molecule has 0 spiro atoms. The van der Waals surface area contributed by atoms with Gasteiger partial charge in [0.1, 0.15) is 0 Å². The molecule has 0 aromatic carbocycles. The van der Waals surface area contributed by atoms with Gasteiger partial charge in [-0.1, -0.05) is 0 Å². The van der Waals surface area contributed by atoms with Gasteiger partial charge in [-0.15, -0.1) is 0 Å². The molecule has 0 atom stereocenters. The van der Waals surface area contributed by atoms with E-state index < -0.39 is 5.97 Å². The quantitative estimate of drug-likeness (QED) is 0.871. The Bertz CT molecular complexity index is 340. The van der Waals surface area contributed by atoms with E-state index in [4.69, 9.17) is 5.11 Å². The Morgan fingerprint density at radius 2 is 2.31 bits per heavy atom. The van der Waals surface area contributed by atoms with E-state index in [1.807, 2.05) is 19.2 Å². The van der Waals surface area contributed by atoms with Gasteiger partial charge in [0.15, 0.2) is 0 Å². The van der Waals surface area contributed by atoms with E-state index in [2.05, 4.69) is 25.8 Å². The number of carbonyl (C=O) groups is 1. The average molecular weight is 287 g/mol. The van der Waals surface area contributed by atoms with Crippen molar-refractivity contribution in [3.8, 4) is 0 Å². The number of halogens is 1. The summed E-state index contributed by atoms with van der Waals surface area (Å²) in [6.07, 6.45) is 2.65. The van der Waals surface area contributed by atoms with Crippen molar-refractivity contribution < 1.29 is 9.90 Å². The van der Waals surface area contributed by atoms with Crippen molar-refractivity contribution in [1.29, 1.82) is 0 Å². The van der Waals surface area contributed by atoms with Crippen molar-refractivity contribution in [2.45, 2.75) is 19.4 Å². The second-order valence-corrected chi connectivity index (χ2v) is 4.62. The largest absolute Gasteiger partial charge is 0.481 e. The van der Waals surface area contributed by atoms with Crippen LogP contribution in [-0.4, -0.2) is 34.6 Å². The maximum atomic E-state index is 10.3. The highest BCUT2D eigenvalue weighted by molar-refractivity contribution is 9.10. The zero-order valence-corrected chi connectivity index (χ0v) is 10.8. The Morgan fingerprint density at radius 1 is 1.56 bits per heavy atom. The Balaban J connectivity index is 2.31. The summed E-state index contributed by atoms with van der Waals surface area (Å²) in [4.78, 5) is 16.7. The third-order valence-electron chi connectivity index (χ3n) is 2.15. The lowest BCUT2D eigenvalue weighted by atomic mass is 10.3. The van der Waals surface area contributed by atoms with Gasteiger partial charge < -0.3 is 10.0 Å². The lowest BCUT2D eigenvalue weighted by molar-refractivity contribution is -0.137. The first-order valence-corrected chi connectivity index (χ1v) is 5.88. The van der Waals surface area contributed by atoms with Crippen LogP contribution < -0.4 is 0 Å². The summed E-state index contributed by atoms with van der Waals surface area (Å²) >= 11 is 3.33. The molecule has 1 N–H and O–H groups in total. The van der Waals surface area contributed by atoms with Gasteiger partial charge in [0, 0.05) is 23.6 Å². The molecule has 0 saturated heterocycles. The van der Waals surface area contributed by atoms with Crippen molar-refractivity contribution in [1.82, 2.24) is 9.88 Å². The maximum absolute atomic E-state index is 10.3. The van der Waals surface area contributed by atoms with E-state index in [1.54, 1.807) is 6.20 Å². The van der Waals surface area contributed by atoms with Crippen molar-refractivity contribution >= 4 is 21.9 Å². The SMILES string of the molecule is CN(CCCC(=O)O)Cc1ccc(Br)cn1. The standard InChI is InChI=1S/C11H15BrN2O2/c1-14(6-2-3-11(15)16)8-10-5-4-9(12)7-13-10/h4-5,7H,2-3,6,8H2,1H3,(H,15,16). The molecule has 0 radical (unpaired) electrons. The van der Waals surface area contributed by atoms with Gasteiger partial charge in [-0.3, -0.25) is 9.78 Å². The van der Waals surface area contributed by atoms with E-state index >= 15 is 0 Å². The van der Waals surface area contributed by atoms with Crippen LogP contribution in [0.1, 0.15) is 18.5 Å². The number of hydrogen-bond acceptors (Lipinski definition) is 3. The fourth-order valence-corrected chi connectivity index (χ4v) is 1.59. The van der Waals surface area contributed by atoms with Crippen molar-refractivity contribution in [2.24, 2.45) is 0 Å². The number of rotatable bonds is 6. The predicted molar refractivity (Wildman–Crippen MR) is 65.1 cm³/mol. The molecule has 88 valence electrons. The number of aliphatic carboxylic acids is 1. The van der Waals surface area contributed by atoms with Gasteiger partial charge in [-0.2, -0.15) is 0 Å². The molecule has 4 nitrogen and oxygen atoms in total. The Labute approximate surface area is 103 Å². The molecule has 0 bridgehead atoms. The summed E-state index contributed by atoms with van der Waals surface area (Å²) in [7, 11) is 1.96. The summed E-state index contributed by atoms with van der Waals surface area (Å²) < 4.78 is 0.963. The first kappa shape index (κ1) is 13.1. The molecule has 1 heterocycles. The van der Waals surface area contributed by atoms with Crippen LogP contribution >= 0.6 is 15.9 Å². The van der Waals surface area contributed by atoms with Gasteiger partial charge in [0.05, 0.1) is 5.69 Å². The molecule has 1 aromatic rings. The highest BCUT2D eigenvalue weighted by atomic mass is 79.9. The molecule has 16 heavy (non-hydrogen) atoms. The van der Waals surface area contributed by atoms with Crippen molar-refractivity contribution in [3.63, 3.8) is 0 Å². The molecule has 0 aliphatic carbocycles. The van der Waals surface area contributed by atoms with Crippen LogP contribution in [0, 0.1) is 0 Å². The van der Waals surface area contributed by atoms with E-state index in [1.165, 1.54) is 0 Å². The second-order valence-electron chi connectivity index (χ2n) is 3.70. The van der Waals surface area contributed by atoms with Crippen LogP contribution in [-0.2, 0) is 11.3 Å². The van der Waals surface area contributed by atoms with Crippen LogP contribution in [0.4, 0.5) is 0 Å². The molecule has 0 amide bonds. The molecule has 1 aromatic heterocycles. The third kappa shape index (κ3) is 5.23. The number of hydrogen-bond donors (Lipinski definition) is 1. The first-order valence-electron chi connectivity index (χ1n) is 5.08. The van der Waals surface area contributed by atoms with Crippen LogP contribution in [0.5, 0.6) is 0 Å². The Hall–Kier alpha value is -0.940. The zero-order valence-electron chi connectivity index (χ0n) is 9.19. The van der Waals surface area contributed by atoms with Gasteiger partial charge in [0.2, 0.25) is 0 Å². The number of pyridine rings is 1. The summed E-state index contributed by atoms with van der Waals surface area (Å²) in [6.45, 7) is 1.51. The first-order chi connectivity index (χ1) is 7.58. The molecule has 0 aliphatic heterocycles. The normalized spacial score (nSPS) is 10.7. The number of carboxylic acid groups (broad SMARTS) is 1. The fraction of sp³-hybridized carbons (Fsp3) is 0.455. The second kappa shape index (κ2) is 6.60. The highest BCUT2D eigenvalue weighted by Crippen LogP contribution is 2.08. The average Bonchev–Trinajstić information content (AvgIpc) is 2.21. The number of carboxylic acids is 1. The highest BCUT2D eigenvalue weighted by Gasteiger charge is 2.03. The van der Waals surface area contributed by atoms with E-state index in [-0.39, 0.29) is 6.42 Å². The predicted octanol–water partition coefficient (Wildman–Crippen LogP) is 2.14. The van der Waals surface area contributed by atoms with Crippen LogP contribution in [0.25, 0.3) is 0 Å². The van der Waals surface area contributed by atoms with Crippen molar-refractivity contribution in [2.75, 3.05) is 13.6 Å². The van der Waals surface area contributed by atoms with Crippen LogP contribution in [0.2, 0.25) is 0 Å². The minimum absolute atomic E-state index is 0.220. The minimum Gasteiger partial charge on any atom is -0.481 e. The molecule has 0 fully saturated rings. The van der Waals surface area contributed by atoms with Gasteiger partial charge >= 0.3 is 5.97 Å². The summed E-state index contributed by atoms with van der Waals surface area (Å²) in [5, 5.41) is 8.51. The topological polar surface area (TPSA) is 53.4 Å². The van der Waals surface area contributed by atoms with Crippen molar-refractivity contribution in [3.05, 3.63) is 28.5 Å². The molecule has 5 heteroatoms. The van der Waals surface area contributed by atoms with Crippen LogP contribution in [0.3, 0.4) is 0 Å². The summed E-state index contributed by atoms with van der Waals surface area (Å²) in [6, 6.07) is 3.91. The van der Waals surface area contributed by atoms with Gasteiger partial charge in [0.25, 0.3) is 0 Å². The number of nitrogens with zero attached hydrogens (tertiary/aromatic N) is 2. The van der Waals surface area contributed by atoms with E-state index in [0.29, 0.717) is 6.42 Å². The van der Waals surface area contributed by atoms with Gasteiger partial charge in [-0.05, 0) is 48.1 Å². The lowest BCUT2D eigenvalue weighted by Gasteiger charge is -2.15. The Kier molecular flexibility index (Phi) is 5.42. The van der Waals surface area contributed by atoms with Crippen LogP contribution in [0.15, 0.2) is 22.8 Å². The molecule has 0 saturated carbocycles. The molecule has 1 rings (SSSR count). The molecular formula is C11H15BrN2O2. The maximum Gasteiger partial charge on any atom is 0.303 e. The lowest BCUT2D eigenvalue weighted by Crippen LogP contribution is -2.20.